The van der Waals surface area contributed by atoms with Crippen molar-refractivity contribution in [3.63, 3.8) is 0 Å². The van der Waals surface area contributed by atoms with Crippen molar-refractivity contribution in [2.75, 3.05) is 19.0 Å². The van der Waals surface area contributed by atoms with E-state index >= 15 is 0 Å². The summed E-state index contributed by atoms with van der Waals surface area (Å²) < 4.78 is 18.3. The second-order valence-corrected chi connectivity index (χ2v) is 4.56. The summed E-state index contributed by atoms with van der Waals surface area (Å²) >= 11 is 5.71. The monoisotopic (exact) mass is 291 g/mol. The third-order valence-corrected chi connectivity index (χ3v) is 3.07. The maximum Gasteiger partial charge on any atom is 0.141 e. The van der Waals surface area contributed by atoms with E-state index in [1.165, 1.54) is 6.07 Å². The van der Waals surface area contributed by atoms with Gasteiger partial charge in [-0.25, -0.2) is 4.39 Å². The fourth-order valence-electron chi connectivity index (χ4n) is 1.77. The van der Waals surface area contributed by atoms with E-state index in [9.17, 15) is 4.39 Å². The number of rotatable bonds is 5. The van der Waals surface area contributed by atoms with Gasteiger partial charge < -0.3 is 10.1 Å². The lowest BCUT2D eigenvalue weighted by molar-refractivity contribution is 0.414. The van der Waals surface area contributed by atoms with Crippen LogP contribution in [0.4, 0.5) is 10.1 Å². The molecule has 2 aromatic rings. The van der Waals surface area contributed by atoms with E-state index < -0.39 is 5.82 Å². The van der Waals surface area contributed by atoms with E-state index in [4.69, 9.17) is 16.3 Å². The number of benzene rings is 2. The van der Waals surface area contributed by atoms with Crippen molar-refractivity contribution in [1.29, 1.82) is 0 Å². The summed E-state index contributed by atoms with van der Waals surface area (Å²) in [5.74, 6) is 0.412. The van der Waals surface area contributed by atoms with E-state index in [1.54, 1.807) is 19.2 Å². The van der Waals surface area contributed by atoms with E-state index in [0.29, 0.717) is 6.54 Å². The van der Waals surface area contributed by atoms with Crippen LogP contribution in [0.1, 0.15) is 5.56 Å². The Kier molecular flexibility index (Phi) is 5.02. The molecule has 0 aliphatic carbocycles. The molecule has 0 spiro atoms. The van der Waals surface area contributed by atoms with Gasteiger partial charge in [0.25, 0.3) is 0 Å². The first-order valence-corrected chi connectivity index (χ1v) is 6.57. The van der Waals surface area contributed by atoms with Crippen LogP contribution in [0, 0.1) is 5.82 Å². The van der Waals surface area contributed by atoms with Crippen molar-refractivity contribution in [2.24, 2.45) is 0 Å². The second-order valence-electron chi connectivity index (χ2n) is 4.15. The largest absolute Gasteiger partial charge is 0.496 e. The van der Waals surface area contributed by atoms with Crippen molar-refractivity contribution < 1.29 is 9.13 Å². The molecule has 104 valence electrons. The third kappa shape index (κ3) is 3.75. The first-order valence-electron chi connectivity index (χ1n) is 6.19. The Morgan fingerprint density at radius 2 is 2.05 bits per heavy atom. The van der Waals surface area contributed by atoms with Gasteiger partial charge in [0.05, 0.1) is 12.1 Å². The maximum absolute atomic E-state index is 13.0. The summed E-state index contributed by atoms with van der Waals surface area (Å²) in [6, 6.07) is 12.3. The fourth-order valence-corrected chi connectivity index (χ4v) is 1.95. The highest BCUT2D eigenvalue weighted by Gasteiger charge is 1.99. The zero-order valence-electron chi connectivity index (χ0n) is 11.1. The van der Waals surface area contributed by atoms with Gasteiger partial charge in [0.1, 0.15) is 11.6 Å². The topological polar surface area (TPSA) is 21.3 Å². The van der Waals surface area contributed by atoms with Crippen molar-refractivity contribution in [2.45, 2.75) is 0 Å². The number of para-hydroxylation sites is 1. The van der Waals surface area contributed by atoms with Crippen LogP contribution >= 0.6 is 11.6 Å². The molecule has 2 rings (SSSR count). The molecule has 4 heteroatoms. The normalized spacial score (nSPS) is 10.8. The second kappa shape index (κ2) is 6.96. The SMILES string of the molecule is COc1ccccc1/C=C/CNc1ccc(F)c(Cl)c1. The Balaban J connectivity index is 1.95. The lowest BCUT2D eigenvalue weighted by Gasteiger charge is -2.05. The highest BCUT2D eigenvalue weighted by molar-refractivity contribution is 6.31. The highest BCUT2D eigenvalue weighted by atomic mass is 35.5. The molecule has 0 saturated heterocycles. The zero-order valence-corrected chi connectivity index (χ0v) is 11.8. The van der Waals surface area contributed by atoms with E-state index in [2.05, 4.69) is 5.32 Å². The molecule has 0 fully saturated rings. The van der Waals surface area contributed by atoms with Gasteiger partial charge in [-0.15, -0.1) is 0 Å². The van der Waals surface area contributed by atoms with Gasteiger partial charge in [-0.3, -0.25) is 0 Å². The minimum Gasteiger partial charge on any atom is -0.496 e. The van der Waals surface area contributed by atoms with Gasteiger partial charge in [-0.1, -0.05) is 42.0 Å². The van der Waals surface area contributed by atoms with Crippen LogP contribution in [0.2, 0.25) is 5.02 Å². The smallest absolute Gasteiger partial charge is 0.141 e. The van der Waals surface area contributed by atoms with Crippen LogP contribution in [0.3, 0.4) is 0 Å². The minimum absolute atomic E-state index is 0.115. The van der Waals surface area contributed by atoms with Gasteiger partial charge in [0, 0.05) is 17.8 Å². The molecule has 0 bridgehead atoms. The fraction of sp³-hybridized carbons (Fsp3) is 0.125. The summed E-state index contributed by atoms with van der Waals surface area (Å²) in [6.45, 7) is 0.611. The number of hydrogen-bond donors (Lipinski definition) is 1. The van der Waals surface area contributed by atoms with E-state index in [1.807, 2.05) is 36.4 Å². The molecule has 0 heterocycles. The predicted molar refractivity (Wildman–Crippen MR) is 81.9 cm³/mol. The molecular formula is C16H15ClFNO. The number of ether oxygens (including phenoxy) is 1. The molecule has 0 aromatic heterocycles. The van der Waals surface area contributed by atoms with Gasteiger partial charge in [-0.2, -0.15) is 0 Å². The average Bonchev–Trinajstić information content (AvgIpc) is 2.47. The standard InChI is InChI=1S/C16H15ClFNO/c1-20-16-7-3-2-5-12(16)6-4-10-19-13-8-9-15(18)14(17)11-13/h2-9,11,19H,10H2,1H3/b6-4+. The summed E-state index contributed by atoms with van der Waals surface area (Å²) in [4.78, 5) is 0. The lowest BCUT2D eigenvalue weighted by atomic mass is 10.2. The average molecular weight is 292 g/mol. The van der Waals surface area contributed by atoms with E-state index in [0.717, 1.165) is 17.0 Å². The Labute approximate surface area is 122 Å². The van der Waals surface area contributed by atoms with Gasteiger partial charge in [0.2, 0.25) is 0 Å². The molecule has 20 heavy (non-hydrogen) atoms. The van der Waals surface area contributed by atoms with Crippen LogP contribution in [-0.4, -0.2) is 13.7 Å². The quantitative estimate of drug-likeness (QED) is 0.868. The Morgan fingerprint density at radius 1 is 1.25 bits per heavy atom. The van der Waals surface area contributed by atoms with E-state index in [-0.39, 0.29) is 5.02 Å². The molecule has 0 aliphatic rings. The number of nitrogens with one attached hydrogen (secondary N) is 1. The van der Waals surface area contributed by atoms with Crippen molar-refractivity contribution in [3.05, 3.63) is 64.9 Å². The summed E-state index contributed by atoms with van der Waals surface area (Å²) in [6.07, 6.45) is 3.94. The summed E-state index contributed by atoms with van der Waals surface area (Å²) in [5.41, 5.74) is 1.79. The Bertz CT molecular complexity index is 613. The first kappa shape index (κ1) is 14.4. The first-order chi connectivity index (χ1) is 9.70. The molecule has 0 atom stereocenters. The molecule has 0 aliphatic heterocycles. The summed E-state index contributed by atoms with van der Waals surface area (Å²) in [5, 5.41) is 3.26. The van der Waals surface area contributed by atoms with Gasteiger partial charge in [0.15, 0.2) is 0 Å². The Morgan fingerprint density at radius 3 is 2.80 bits per heavy atom. The Hall–Kier alpha value is -2.00. The van der Waals surface area contributed by atoms with Crippen LogP contribution < -0.4 is 10.1 Å². The maximum atomic E-state index is 13.0. The molecule has 0 amide bonds. The number of hydrogen-bond acceptors (Lipinski definition) is 2. The molecule has 2 nitrogen and oxygen atoms in total. The zero-order chi connectivity index (χ0) is 14.4. The van der Waals surface area contributed by atoms with Gasteiger partial charge >= 0.3 is 0 Å². The van der Waals surface area contributed by atoms with Crippen LogP contribution in [0.5, 0.6) is 5.75 Å². The number of methoxy groups -OCH3 is 1. The highest BCUT2D eigenvalue weighted by Crippen LogP contribution is 2.20. The van der Waals surface area contributed by atoms with Crippen molar-refractivity contribution in [3.8, 4) is 5.75 Å². The summed E-state index contributed by atoms with van der Waals surface area (Å²) in [7, 11) is 1.64. The molecule has 0 saturated carbocycles. The molecule has 0 radical (unpaired) electrons. The minimum atomic E-state index is -0.415. The lowest BCUT2D eigenvalue weighted by Crippen LogP contribution is -1.98. The molecular weight excluding hydrogens is 277 g/mol. The third-order valence-electron chi connectivity index (χ3n) is 2.78. The van der Waals surface area contributed by atoms with Gasteiger partial charge in [-0.05, 0) is 24.3 Å². The molecule has 0 unspecified atom stereocenters. The molecule has 1 N–H and O–H groups in total. The van der Waals surface area contributed by atoms with Crippen LogP contribution in [0.25, 0.3) is 6.08 Å². The van der Waals surface area contributed by atoms with Crippen molar-refractivity contribution >= 4 is 23.4 Å². The van der Waals surface area contributed by atoms with Crippen molar-refractivity contribution in [1.82, 2.24) is 0 Å². The molecule has 2 aromatic carbocycles. The van der Waals surface area contributed by atoms with Crippen LogP contribution in [-0.2, 0) is 0 Å². The number of halogens is 2. The van der Waals surface area contributed by atoms with Crippen LogP contribution in [0.15, 0.2) is 48.5 Å². The predicted octanol–water partition coefficient (Wildman–Crippen LogP) is 4.61. The number of anilines is 1.